The molecule has 0 aliphatic heterocycles. The van der Waals surface area contributed by atoms with Crippen LogP contribution in [-0.2, 0) is 14.3 Å². The predicted octanol–water partition coefficient (Wildman–Crippen LogP) is 9.35. The molecule has 4 unspecified atom stereocenters. The van der Waals surface area contributed by atoms with E-state index in [1.54, 1.807) is 6.08 Å². The number of allylic oxidation sites excluding steroid dienone is 1. The van der Waals surface area contributed by atoms with Crippen molar-refractivity contribution in [3.63, 3.8) is 0 Å². The van der Waals surface area contributed by atoms with Gasteiger partial charge in [-0.15, -0.1) is 0 Å². The SMILES string of the molecule is C=C(C)[C@@H]1CC[C@]2(C(=O)O)CC[C@]3(C)C(CCC4[C@@]5(C)CC[C@H](OC(=O)/C=C/c6ccccc6)C(C)(C)C5CC[C@]43C)C12. The van der Waals surface area contributed by atoms with Crippen LogP contribution in [0.3, 0.4) is 0 Å². The van der Waals surface area contributed by atoms with Crippen molar-refractivity contribution in [3.8, 4) is 0 Å². The topological polar surface area (TPSA) is 63.6 Å². The number of carbonyl (C=O) groups excluding carboxylic acids is 1. The number of benzene rings is 1. The molecule has 0 radical (unpaired) electrons. The largest absolute Gasteiger partial charge is 0.481 e. The van der Waals surface area contributed by atoms with E-state index < -0.39 is 11.4 Å². The first-order valence-corrected chi connectivity index (χ1v) is 17.0. The number of ether oxygens (including phenoxy) is 1. The maximum Gasteiger partial charge on any atom is 0.331 e. The summed E-state index contributed by atoms with van der Waals surface area (Å²) in [5.74, 6) is 1.25. The van der Waals surface area contributed by atoms with E-state index in [1.165, 1.54) is 18.4 Å². The molecule has 1 N–H and O–H groups in total. The Bertz CT molecular complexity index is 1310. The molecule has 234 valence electrons. The van der Waals surface area contributed by atoms with Crippen molar-refractivity contribution in [2.24, 2.45) is 56.7 Å². The van der Waals surface area contributed by atoms with E-state index in [1.807, 2.05) is 36.4 Å². The third-order valence-corrected chi connectivity index (χ3v) is 14.9. The summed E-state index contributed by atoms with van der Waals surface area (Å²) in [5.41, 5.74) is 1.99. The van der Waals surface area contributed by atoms with Crippen LogP contribution in [-0.4, -0.2) is 23.1 Å². The van der Waals surface area contributed by atoms with Crippen molar-refractivity contribution < 1.29 is 19.4 Å². The van der Waals surface area contributed by atoms with E-state index in [4.69, 9.17) is 4.74 Å². The number of rotatable bonds is 5. The number of carboxylic acid groups (broad SMARTS) is 1. The number of hydrogen-bond donors (Lipinski definition) is 1. The molecule has 0 bridgehead atoms. The van der Waals surface area contributed by atoms with Gasteiger partial charge < -0.3 is 9.84 Å². The fourth-order valence-corrected chi connectivity index (χ4v) is 12.6. The molecule has 0 spiro atoms. The molecule has 0 amide bonds. The highest BCUT2D eigenvalue weighted by Crippen LogP contribution is 2.77. The van der Waals surface area contributed by atoms with E-state index in [9.17, 15) is 14.7 Å². The van der Waals surface area contributed by atoms with Gasteiger partial charge in [-0.25, -0.2) is 4.79 Å². The molecule has 5 fully saturated rings. The number of aliphatic carboxylic acids is 1. The van der Waals surface area contributed by atoms with Gasteiger partial charge in [0.1, 0.15) is 6.10 Å². The van der Waals surface area contributed by atoms with Gasteiger partial charge in [-0.3, -0.25) is 4.79 Å². The maximum absolute atomic E-state index is 13.0. The highest BCUT2D eigenvalue weighted by molar-refractivity contribution is 5.87. The second kappa shape index (κ2) is 10.3. The average molecular weight is 587 g/mol. The van der Waals surface area contributed by atoms with Crippen molar-refractivity contribution in [2.45, 2.75) is 112 Å². The standard InChI is InChI=1S/C39H54O4/c1-25(2)27-17-22-39(34(41)42)24-23-37(6)28(33(27)39)14-15-30-36(5)20-19-31(35(3,4)29(36)18-21-38(30,37)7)43-32(40)16-13-26-11-9-8-10-12-26/h8-13,16,27-31,33H,1,14-15,17-24H2,2-7H3,(H,41,42)/b16-13+/t27-,28?,29?,30?,31-,33?,36-,37+,38+,39-/m0/s1. The van der Waals surface area contributed by atoms with Crippen LogP contribution in [0.4, 0.5) is 0 Å². The minimum atomic E-state index is -0.572. The Kier molecular flexibility index (Phi) is 7.38. The molecular formula is C39H54O4. The van der Waals surface area contributed by atoms with Crippen LogP contribution in [0.1, 0.15) is 111 Å². The van der Waals surface area contributed by atoms with E-state index in [0.29, 0.717) is 23.7 Å². The van der Waals surface area contributed by atoms with Gasteiger partial charge in [-0.1, -0.05) is 77.1 Å². The van der Waals surface area contributed by atoms with Crippen LogP contribution >= 0.6 is 0 Å². The quantitative estimate of drug-likeness (QED) is 0.212. The Hall–Kier alpha value is -2.36. The third-order valence-electron chi connectivity index (χ3n) is 14.9. The van der Waals surface area contributed by atoms with Crippen LogP contribution in [0.2, 0.25) is 0 Å². The van der Waals surface area contributed by atoms with E-state index >= 15 is 0 Å². The normalized spacial score (nSPS) is 44.9. The molecule has 5 aliphatic rings. The number of fused-ring (bicyclic) bond motifs is 7. The van der Waals surface area contributed by atoms with Gasteiger partial charge in [-0.2, -0.15) is 0 Å². The monoisotopic (exact) mass is 586 g/mol. The molecule has 0 saturated heterocycles. The maximum atomic E-state index is 13.0. The Morgan fingerprint density at radius 2 is 1.58 bits per heavy atom. The summed E-state index contributed by atoms with van der Waals surface area (Å²) < 4.78 is 6.21. The van der Waals surface area contributed by atoms with Crippen molar-refractivity contribution in [2.75, 3.05) is 0 Å². The first-order valence-electron chi connectivity index (χ1n) is 17.0. The summed E-state index contributed by atoms with van der Waals surface area (Å²) in [7, 11) is 0. The summed E-state index contributed by atoms with van der Waals surface area (Å²) in [6.45, 7) is 18.9. The summed E-state index contributed by atoms with van der Waals surface area (Å²) in [6, 6.07) is 9.91. The molecule has 0 heterocycles. The Morgan fingerprint density at radius 3 is 2.26 bits per heavy atom. The van der Waals surface area contributed by atoms with E-state index in [0.717, 1.165) is 56.9 Å². The van der Waals surface area contributed by atoms with Crippen LogP contribution in [0.25, 0.3) is 6.08 Å². The summed E-state index contributed by atoms with van der Waals surface area (Å²) in [5, 5.41) is 10.6. The molecule has 6 rings (SSSR count). The Morgan fingerprint density at radius 1 is 0.860 bits per heavy atom. The van der Waals surface area contributed by atoms with E-state index in [-0.39, 0.29) is 39.7 Å². The molecule has 1 aromatic rings. The van der Waals surface area contributed by atoms with Gasteiger partial charge in [0.15, 0.2) is 0 Å². The lowest BCUT2D eigenvalue weighted by Gasteiger charge is -2.72. The van der Waals surface area contributed by atoms with Gasteiger partial charge >= 0.3 is 11.9 Å². The average Bonchev–Trinajstić information content (AvgIpc) is 3.36. The summed E-state index contributed by atoms with van der Waals surface area (Å²) in [4.78, 5) is 25.9. The van der Waals surface area contributed by atoms with Gasteiger partial charge in [0.25, 0.3) is 0 Å². The van der Waals surface area contributed by atoms with Crippen LogP contribution in [0, 0.1) is 56.7 Å². The molecular weight excluding hydrogens is 532 g/mol. The zero-order chi connectivity index (χ0) is 31.0. The molecule has 5 aliphatic carbocycles. The minimum Gasteiger partial charge on any atom is -0.481 e. The zero-order valence-electron chi connectivity index (χ0n) is 27.5. The van der Waals surface area contributed by atoms with Gasteiger partial charge in [0, 0.05) is 11.5 Å². The molecule has 10 atom stereocenters. The third kappa shape index (κ3) is 4.35. The van der Waals surface area contributed by atoms with Crippen molar-refractivity contribution in [1.82, 2.24) is 0 Å². The first-order chi connectivity index (χ1) is 20.2. The highest BCUT2D eigenvalue weighted by Gasteiger charge is 2.72. The lowest BCUT2D eigenvalue weighted by Crippen LogP contribution is -2.67. The second-order valence-electron chi connectivity index (χ2n) is 16.7. The lowest BCUT2D eigenvalue weighted by molar-refractivity contribution is -0.250. The highest BCUT2D eigenvalue weighted by atomic mass is 16.5. The minimum absolute atomic E-state index is 0.0875. The van der Waals surface area contributed by atoms with E-state index in [2.05, 4.69) is 48.1 Å². The zero-order valence-corrected chi connectivity index (χ0v) is 27.5. The second-order valence-corrected chi connectivity index (χ2v) is 16.7. The molecule has 5 saturated carbocycles. The van der Waals surface area contributed by atoms with Gasteiger partial charge in [0.2, 0.25) is 0 Å². The van der Waals surface area contributed by atoms with Gasteiger partial charge in [-0.05, 0) is 129 Å². The van der Waals surface area contributed by atoms with Gasteiger partial charge in [0.05, 0.1) is 5.41 Å². The lowest BCUT2D eigenvalue weighted by atomic mass is 9.32. The van der Waals surface area contributed by atoms with Crippen molar-refractivity contribution in [1.29, 1.82) is 0 Å². The predicted molar refractivity (Wildman–Crippen MR) is 172 cm³/mol. The van der Waals surface area contributed by atoms with Crippen molar-refractivity contribution in [3.05, 3.63) is 54.1 Å². The van der Waals surface area contributed by atoms with Crippen molar-refractivity contribution >= 4 is 18.0 Å². The molecule has 4 nitrogen and oxygen atoms in total. The molecule has 4 heteroatoms. The smallest absolute Gasteiger partial charge is 0.331 e. The summed E-state index contributed by atoms with van der Waals surface area (Å²) in [6.07, 6.45) is 13.6. The first kappa shape index (κ1) is 30.7. The fourth-order valence-electron chi connectivity index (χ4n) is 12.6. The molecule has 43 heavy (non-hydrogen) atoms. The van der Waals surface area contributed by atoms with Crippen LogP contribution in [0.5, 0.6) is 0 Å². The Balaban J connectivity index is 1.25. The molecule has 1 aromatic carbocycles. The number of carboxylic acids is 1. The summed E-state index contributed by atoms with van der Waals surface area (Å²) >= 11 is 0. The Labute approximate surface area is 259 Å². The van der Waals surface area contributed by atoms with Crippen LogP contribution < -0.4 is 0 Å². The number of esters is 1. The number of carbonyl (C=O) groups is 2. The van der Waals surface area contributed by atoms with Crippen LogP contribution in [0.15, 0.2) is 48.6 Å². The fraction of sp³-hybridized carbons (Fsp3) is 0.692. The molecule has 0 aromatic heterocycles. The number of hydrogen-bond acceptors (Lipinski definition) is 3.